The first-order valence-electron chi connectivity index (χ1n) is 15.2. The molecule has 0 spiro atoms. The third-order valence-electron chi connectivity index (χ3n) is 7.98. The summed E-state index contributed by atoms with van der Waals surface area (Å²) < 4.78 is 6.22. The minimum absolute atomic E-state index is 0.0230. The molecule has 0 radical (unpaired) electrons. The zero-order valence-electron chi connectivity index (χ0n) is 26.8. The van der Waals surface area contributed by atoms with Crippen LogP contribution in [0.3, 0.4) is 0 Å². The van der Waals surface area contributed by atoms with E-state index in [1.54, 1.807) is 38.4 Å². The van der Waals surface area contributed by atoms with Crippen molar-refractivity contribution in [1.82, 2.24) is 19.8 Å². The van der Waals surface area contributed by atoms with Gasteiger partial charge in [0, 0.05) is 69.6 Å². The van der Waals surface area contributed by atoms with E-state index in [1.807, 2.05) is 44.2 Å². The van der Waals surface area contributed by atoms with Gasteiger partial charge in [0.2, 0.25) is 11.8 Å². The van der Waals surface area contributed by atoms with E-state index in [4.69, 9.17) is 4.74 Å². The van der Waals surface area contributed by atoms with E-state index < -0.39 is 5.91 Å². The molecular formula is C35H41N7O3. The van der Waals surface area contributed by atoms with Gasteiger partial charge in [-0.25, -0.2) is 4.98 Å². The Hall–Kier alpha value is -4.96. The molecule has 0 aliphatic carbocycles. The molecule has 5 rings (SSSR count). The third-order valence-corrected chi connectivity index (χ3v) is 7.98. The van der Waals surface area contributed by atoms with Crippen molar-refractivity contribution in [2.45, 2.75) is 33.7 Å². The summed E-state index contributed by atoms with van der Waals surface area (Å²) in [5.41, 5.74) is 5.00. The largest absolute Gasteiger partial charge is 0.437 e. The highest BCUT2D eigenvalue weighted by Gasteiger charge is 2.22. The average Bonchev–Trinajstić information content (AvgIpc) is 3.03. The second kappa shape index (κ2) is 13.8. The van der Waals surface area contributed by atoms with Gasteiger partial charge in [-0.1, -0.05) is 30.3 Å². The summed E-state index contributed by atoms with van der Waals surface area (Å²) in [5, 5.41) is 6.23. The molecule has 0 saturated carbocycles. The molecule has 234 valence electrons. The van der Waals surface area contributed by atoms with E-state index in [-0.39, 0.29) is 29.0 Å². The van der Waals surface area contributed by atoms with Gasteiger partial charge < -0.3 is 25.2 Å². The second-order valence-corrected chi connectivity index (χ2v) is 11.7. The van der Waals surface area contributed by atoms with Gasteiger partial charge in [0.25, 0.3) is 11.8 Å². The standard InChI is InChI=1S/C35H41N7O3/c1-23(2)41-18-20-42(21-19-41)27-16-14-26(15-17-27)37-35-36-22-29(32(43)38-31-24(3)10-9-11-25(31)4)33(39-35)45-30-13-8-7-12-28(30)34(44)40(5)6/h7-17,22-23H,18-21H2,1-6H3,(H,38,43)(H,36,37,39). The van der Waals surface area contributed by atoms with Crippen LogP contribution in [0.4, 0.5) is 23.0 Å². The first kappa shape index (κ1) is 31.5. The van der Waals surface area contributed by atoms with Crippen LogP contribution in [-0.4, -0.2) is 77.9 Å². The van der Waals surface area contributed by atoms with Crippen molar-refractivity contribution in [2.24, 2.45) is 0 Å². The van der Waals surface area contributed by atoms with E-state index in [2.05, 4.69) is 56.4 Å². The molecule has 10 nitrogen and oxygen atoms in total. The van der Waals surface area contributed by atoms with Crippen molar-refractivity contribution in [3.63, 3.8) is 0 Å². The summed E-state index contributed by atoms with van der Waals surface area (Å²) in [6.45, 7) is 12.4. The molecule has 0 atom stereocenters. The molecule has 1 aliphatic rings. The summed E-state index contributed by atoms with van der Waals surface area (Å²) >= 11 is 0. The quantitative estimate of drug-likeness (QED) is 0.235. The van der Waals surface area contributed by atoms with Crippen molar-refractivity contribution in [3.05, 3.63) is 95.2 Å². The van der Waals surface area contributed by atoms with Gasteiger partial charge in [-0.2, -0.15) is 4.98 Å². The third kappa shape index (κ3) is 7.41. The summed E-state index contributed by atoms with van der Waals surface area (Å²) in [7, 11) is 3.35. The van der Waals surface area contributed by atoms with E-state index in [0.717, 1.165) is 48.7 Å². The molecule has 2 amide bonds. The maximum absolute atomic E-state index is 13.6. The molecule has 1 saturated heterocycles. The van der Waals surface area contributed by atoms with E-state index in [9.17, 15) is 9.59 Å². The first-order valence-corrected chi connectivity index (χ1v) is 15.2. The number of anilines is 4. The Labute approximate surface area is 265 Å². The monoisotopic (exact) mass is 607 g/mol. The van der Waals surface area contributed by atoms with Crippen molar-refractivity contribution < 1.29 is 14.3 Å². The number of piperazine rings is 1. The fourth-order valence-electron chi connectivity index (χ4n) is 5.31. The smallest absolute Gasteiger partial charge is 0.262 e. The van der Waals surface area contributed by atoms with Crippen molar-refractivity contribution in [1.29, 1.82) is 0 Å². The van der Waals surface area contributed by atoms with Crippen molar-refractivity contribution >= 4 is 34.8 Å². The number of carbonyl (C=O) groups is 2. The van der Waals surface area contributed by atoms with Gasteiger partial charge in [-0.05, 0) is 75.2 Å². The van der Waals surface area contributed by atoms with Crippen LogP contribution in [-0.2, 0) is 0 Å². The van der Waals surface area contributed by atoms with Crippen LogP contribution >= 0.6 is 0 Å². The summed E-state index contributed by atoms with van der Waals surface area (Å²) in [6.07, 6.45) is 1.44. The number of ether oxygens (including phenoxy) is 1. The van der Waals surface area contributed by atoms with E-state index in [1.165, 1.54) is 11.1 Å². The number of carbonyl (C=O) groups excluding carboxylic acids is 2. The van der Waals surface area contributed by atoms with Crippen molar-refractivity contribution in [3.8, 4) is 11.6 Å². The van der Waals surface area contributed by atoms with Crippen LogP contribution in [0.25, 0.3) is 0 Å². The Morgan fingerprint density at radius 3 is 2.18 bits per heavy atom. The molecular weight excluding hydrogens is 566 g/mol. The normalized spacial score (nSPS) is 13.4. The summed E-state index contributed by atoms with van der Waals surface area (Å²) in [4.78, 5) is 41.9. The van der Waals surface area contributed by atoms with Crippen LogP contribution in [0.1, 0.15) is 45.7 Å². The second-order valence-electron chi connectivity index (χ2n) is 11.7. The predicted octanol–water partition coefficient (Wildman–Crippen LogP) is 6.11. The molecule has 2 N–H and O–H groups in total. The van der Waals surface area contributed by atoms with E-state index >= 15 is 0 Å². The number of benzene rings is 3. The molecule has 4 aromatic rings. The van der Waals surface area contributed by atoms with Gasteiger partial charge in [0.1, 0.15) is 11.3 Å². The molecule has 1 aliphatic heterocycles. The molecule has 1 fully saturated rings. The van der Waals surface area contributed by atoms with Gasteiger partial charge >= 0.3 is 0 Å². The molecule has 10 heteroatoms. The molecule has 3 aromatic carbocycles. The van der Waals surface area contributed by atoms with Crippen molar-refractivity contribution in [2.75, 3.05) is 55.8 Å². The van der Waals surface area contributed by atoms with E-state index in [0.29, 0.717) is 17.3 Å². The SMILES string of the molecule is Cc1cccc(C)c1NC(=O)c1cnc(Nc2ccc(N3CCN(C(C)C)CC3)cc2)nc1Oc1ccccc1C(=O)N(C)C. The predicted molar refractivity (Wildman–Crippen MR) is 179 cm³/mol. The minimum Gasteiger partial charge on any atom is -0.437 e. The number of aryl methyl sites for hydroxylation is 2. The maximum atomic E-state index is 13.6. The Morgan fingerprint density at radius 1 is 0.867 bits per heavy atom. The van der Waals surface area contributed by atoms with Crippen LogP contribution in [0.5, 0.6) is 11.6 Å². The fourth-order valence-corrected chi connectivity index (χ4v) is 5.31. The lowest BCUT2D eigenvalue weighted by Crippen LogP contribution is -2.48. The Bertz CT molecular complexity index is 1640. The number of aromatic nitrogens is 2. The van der Waals surface area contributed by atoms with Crippen LogP contribution < -0.4 is 20.3 Å². The molecule has 0 bridgehead atoms. The lowest BCUT2D eigenvalue weighted by molar-refractivity contribution is 0.0825. The fraction of sp³-hybridized carbons (Fsp3) is 0.314. The van der Waals surface area contributed by atoms with Gasteiger partial charge in [0.05, 0.1) is 5.56 Å². The van der Waals surface area contributed by atoms with Crippen LogP contribution in [0, 0.1) is 13.8 Å². The Kier molecular flexibility index (Phi) is 9.63. The zero-order valence-corrected chi connectivity index (χ0v) is 26.8. The number of nitrogens with one attached hydrogen (secondary N) is 2. The number of amides is 2. The number of hydrogen-bond acceptors (Lipinski definition) is 8. The van der Waals surface area contributed by atoms with Gasteiger partial charge in [-0.15, -0.1) is 0 Å². The molecule has 0 unspecified atom stereocenters. The van der Waals surface area contributed by atoms with Crippen LogP contribution in [0.2, 0.25) is 0 Å². The average molecular weight is 608 g/mol. The molecule has 2 heterocycles. The minimum atomic E-state index is -0.424. The number of hydrogen-bond donors (Lipinski definition) is 2. The van der Waals surface area contributed by atoms with Gasteiger partial charge in [-0.3, -0.25) is 14.5 Å². The van der Waals surface area contributed by atoms with Crippen LogP contribution in [0.15, 0.2) is 72.9 Å². The topological polar surface area (TPSA) is 103 Å². The summed E-state index contributed by atoms with van der Waals surface area (Å²) in [6, 6.07) is 21.4. The highest BCUT2D eigenvalue weighted by Crippen LogP contribution is 2.30. The molecule has 45 heavy (non-hydrogen) atoms. The Morgan fingerprint density at radius 2 is 1.53 bits per heavy atom. The summed E-state index contributed by atoms with van der Waals surface area (Å²) in [5.74, 6) is -0.0975. The Balaban J connectivity index is 1.41. The zero-order chi connectivity index (χ0) is 32.1. The number of nitrogens with zero attached hydrogens (tertiary/aromatic N) is 5. The first-order chi connectivity index (χ1) is 21.6. The lowest BCUT2D eigenvalue weighted by atomic mass is 10.1. The highest BCUT2D eigenvalue weighted by molar-refractivity contribution is 6.06. The number of rotatable bonds is 9. The highest BCUT2D eigenvalue weighted by atomic mass is 16.5. The van der Waals surface area contributed by atoms with Gasteiger partial charge in [0.15, 0.2) is 0 Å². The molecule has 1 aromatic heterocycles. The number of para-hydroxylation sites is 2. The lowest BCUT2D eigenvalue weighted by Gasteiger charge is -2.38. The maximum Gasteiger partial charge on any atom is 0.262 e.